The molecule has 1 saturated heterocycles. The summed E-state index contributed by atoms with van der Waals surface area (Å²) in [6.45, 7) is 0.147. The van der Waals surface area contributed by atoms with Gasteiger partial charge < -0.3 is 4.74 Å². The Labute approximate surface area is 171 Å². The van der Waals surface area contributed by atoms with Crippen molar-refractivity contribution in [1.82, 2.24) is 4.90 Å². The van der Waals surface area contributed by atoms with Crippen molar-refractivity contribution >= 4 is 11.7 Å². The highest BCUT2D eigenvalue weighted by Gasteiger charge is 2.40. The van der Waals surface area contributed by atoms with Crippen molar-refractivity contribution in [3.8, 4) is 0 Å². The second kappa shape index (κ2) is 8.13. The molecule has 0 radical (unpaired) electrons. The van der Waals surface area contributed by atoms with Gasteiger partial charge >= 0.3 is 12.3 Å². The normalized spacial score (nSPS) is 21.2. The lowest BCUT2D eigenvalue weighted by Crippen LogP contribution is -2.51. The third-order valence-electron chi connectivity index (χ3n) is 5.70. The molecule has 2 atom stereocenters. The maximum atomic E-state index is 14.6. The summed E-state index contributed by atoms with van der Waals surface area (Å²) in [6, 6.07) is 12.1. The van der Waals surface area contributed by atoms with Crippen LogP contribution in [0.2, 0.25) is 0 Å². The van der Waals surface area contributed by atoms with E-state index in [0.717, 1.165) is 18.1 Å². The first kappa shape index (κ1) is 20.4. The highest BCUT2D eigenvalue weighted by Crippen LogP contribution is 2.40. The van der Waals surface area contributed by atoms with Crippen LogP contribution < -0.4 is 0 Å². The Kier molecular flexibility index (Phi) is 5.54. The van der Waals surface area contributed by atoms with E-state index in [1.165, 1.54) is 12.1 Å². The Hall–Kier alpha value is -2.83. The van der Waals surface area contributed by atoms with Crippen LogP contribution in [0.4, 0.5) is 22.4 Å². The average Bonchev–Trinajstić information content (AvgIpc) is 2.71. The number of rotatable bonds is 3. The quantitative estimate of drug-likeness (QED) is 0.555. The highest BCUT2D eigenvalue weighted by atomic mass is 19.4. The third-order valence-corrected chi connectivity index (χ3v) is 5.70. The predicted molar refractivity (Wildman–Crippen MR) is 104 cm³/mol. The number of alkyl halides is 3. The zero-order chi connectivity index (χ0) is 21.3. The van der Waals surface area contributed by atoms with Crippen LogP contribution in [0, 0.1) is 5.82 Å². The molecule has 30 heavy (non-hydrogen) atoms. The van der Waals surface area contributed by atoms with Gasteiger partial charge in [-0.2, -0.15) is 13.2 Å². The standard InChI is InChI=1S/C23H21F4NO2/c24-21-19(10-5-11-20(21)23(25,26)27)16-12-17-8-4-9-18(13-16)28(17)22(29)30-14-15-6-2-1-3-7-15/h1-3,5-7,10-12,17-18H,4,8-9,13-14H2. The number of carbonyl (C=O) groups excluding carboxylic acids is 1. The SMILES string of the molecule is O=C(OCc1ccccc1)N1C2C=C(c3cccc(C(F)(F)F)c3F)CC1CCC2. The first-order valence-electron chi connectivity index (χ1n) is 9.90. The van der Waals surface area contributed by atoms with Gasteiger partial charge in [0.2, 0.25) is 0 Å². The zero-order valence-corrected chi connectivity index (χ0v) is 16.2. The molecule has 0 N–H and O–H groups in total. The van der Waals surface area contributed by atoms with Crippen LogP contribution in [0.5, 0.6) is 0 Å². The summed E-state index contributed by atoms with van der Waals surface area (Å²) < 4.78 is 59.4. The predicted octanol–water partition coefficient (Wildman–Crippen LogP) is 6.19. The monoisotopic (exact) mass is 419 g/mol. The van der Waals surface area contributed by atoms with Gasteiger partial charge in [-0.05, 0) is 42.9 Å². The molecule has 2 bridgehead atoms. The Bertz CT molecular complexity index is 955. The van der Waals surface area contributed by atoms with Crippen LogP contribution in [0.3, 0.4) is 0 Å². The smallest absolute Gasteiger partial charge is 0.419 e. The molecule has 2 aliphatic heterocycles. The van der Waals surface area contributed by atoms with Gasteiger partial charge in [0.15, 0.2) is 0 Å². The number of piperidine rings is 1. The van der Waals surface area contributed by atoms with Gasteiger partial charge in [-0.25, -0.2) is 9.18 Å². The van der Waals surface area contributed by atoms with Gasteiger partial charge in [0.1, 0.15) is 12.4 Å². The molecule has 4 rings (SSSR count). The number of hydrogen-bond acceptors (Lipinski definition) is 2. The van der Waals surface area contributed by atoms with E-state index in [1.54, 1.807) is 11.0 Å². The maximum Gasteiger partial charge on any atom is 0.419 e. The van der Waals surface area contributed by atoms with Crippen molar-refractivity contribution < 1.29 is 27.1 Å². The van der Waals surface area contributed by atoms with Gasteiger partial charge in [-0.1, -0.05) is 48.5 Å². The number of nitrogens with zero attached hydrogens (tertiary/aromatic N) is 1. The topological polar surface area (TPSA) is 29.5 Å². The Morgan fingerprint density at radius 3 is 2.53 bits per heavy atom. The van der Waals surface area contributed by atoms with Crippen molar-refractivity contribution in [3.05, 3.63) is 77.1 Å². The fraction of sp³-hybridized carbons (Fsp3) is 0.348. The number of carbonyl (C=O) groups is 1. The van der Waals surface area contributed by atoms with E-state index in [1.807, 2.05) is 30.3 Å². The molecular formula is C23H21F4NO2. The number of halogens is 4. The van der Waals surface area contributed by atoms with Crippen molar-refractivity contribution in [1.29, 1.82) is 0 Å². The van der Waals surface area contributed by atoms with E-state index in [-0.39, 0.29) is 24.3 Å². The summed E-state index contributed by atoms with van der Waals surface area (Å²) in [5.41, 5.74) is 0.0745. The van der Waals surface area contributed by atoms with Crippen molar-refractivity contribution in [2.24, 2.45) is 0 Å². The number of hydrogen-bond donors (Lipinski definition) is 0. The van der Waals surface area contributed by atoms with E-state index < -0.39 is 23.7 Å². The van der Waals surface area contributed by atoms with Crippen LogP contribution in [0.25, 0.3) is 5.57 Å². The molecule has 2 unspecified atom stereocenters. The van der Waals surface area contributed by atoms with Crippen LogP contribution in [0.15, 0.2) is 54.6 Å². The number of fused-ring (bicyclic) bond motifs is 2. The first-order chi connectivity index (χ1) is 14.3. The summed E-state index contributed by atoms with van der Waals surface area (Å²) in [5.74, 6) is -1.26. The number of benzene rings is 2. The molecule has 3 nitrogen and oxygen atoms in total. The second-order valence-corrected chi connectivity index (χ2v) is 7.66. The van der Waals surface area contributed by atoms with E-state index in [2.05, 4.69) is 0 Å². The zero-order valence-electron chi connectivity index (χ0n) is 16.2. The van der Waals surface area contributed by atoms with E-state index in [4.69, 9.17) is 4.74 Å². The van der Waals surface area contributed by atoms with E-state index in [9.17, 15) is 22.4 Å². The highest BCUT2D eigenvalue weighted by molar-refractivity contribution is 5.75. The third kappa shape index (κ3) is 4.06. The van der Waals surface area contributed by atoms with Gasteiger partial charge in [-0.15, -0.1) is 0 Å². The molecule has 1 fully saturated rings. The molecule has 2 heterocycles. The minimum atomic E-state index is -4.75. The van der Waals surface area contributed by atoms with Crippen LogP contribution in [0.1, 0.15) is 42.4 Å². The van der Waals surface area contributed by atoms with Gasteiger partial charge in [0, 0.05) is 11.6 Å². The van der Waals surface area contributed by atoms with E-state index in [0.29, 0.717) is 24.8 Å². The summed E-state index contributed by atoms with van der Waals surface area (Å²) in [5, 5.41) is 0. The van der Waals surface area contributed by atoms with Crippen LogP contribution in [-0.2, 0) is 17.5 Å². The fourth-order valence-electron chi connectivity index (χ4n) is 4.31. The van der Waals surface area contributed by atoms with Crippen molar-refractivity contribution in [2.75, 3.05) is 0 Å². The largest absolute Gasteiger partial charge is 0.445 e. The lowest BCUT2D eigenvalue weighted by atomic mass is 9.82. The van der Waals surface area contributed by atoms with Crippen molar-refractivity contribution in [3.63, 3.8) is 0 Å². The molecule has 0 aliphatic carbocycles. The van der Waals surface area contributed by atoms with Crippen LogP contribution in [-0.4, -0.2) is 23.1 Å². The lowest BCUT2D eigenvalue weighted by molar-refractivity contribution is -0.140. The average molecular weight is 419 g/mol. The summed E-state index contributed by atoms with van der Waals surface area (Å²) >= 11 is 0. The van der Waals surface area contributed by atoms with Gasteiger partial charge in [-0.3, -0.25) is 4.90 Å². The fourth-order valence-corrected chi connectivity index (χ4v) is 4.31. The van der Waals surface area contributed by atoms with Crippen molar-refractivity contribution in [2.45, 2.75) is 50.6 Å². The molecule has 7 heteroatoms. The molecule has 158 valence electrons. The molecular weight excluding hydrogens is 398 g/mol. The Balaban J connectivity index is 1.56. The molecule has 2 aliphatic rings. The number of ether oxygens (including phenoxy) is 1. The molecule has 2 aromatic carbocycles. The first-order valence-corrected chi connectivity index (χ1v) is 9.90. The molecule has 1 amide bonds. The number of amides is 1. The summed E-state index contributed by atoms with van der Waals surface area (Å²) in [7, 11) is 0. The molecule has 0 saturated carbocycles. The Morgan fingerprint density at radius 1 is 1.07 bits per heavy atom. The maximum absolute atomic E-state index is 14.6. The molecule has 0 aromatic heterocycles. The minimum absolute atomic E-state index is 0.0426. The van der Waals surface area contributed by atoms with Gasteiger partial charge in [0.25, 0.3) is 0 Å². The molecule has 2 aromatic rings. The summed E-state index contributed by atoms with van der Waals surface area (Å²) in [4.78, 5) is 14.4. The van der Waals surface area contributed by atoms with Crippen LogP contribution >= 0.6 is 0 Å². The molecule has 0 spiro atoms. The second-order valence-electron chi connectivity index (χ2n) is 7.66. The minimum Gasteiger partial charge on any atom is -0.445 e. The van der Waals surface area contributed by atoms with E-state index >= 15 is 0 Å². The summed E-state index contributed by atoms with van der Waals surface area (Å²) in [6.07, 6.45) is -0.915. The Morgan fingerprint density at radius 2 is 1.83 bits per heavy atom. The van der Waals surface area contributed by atoms with Gasteiger partial charge in [0.05, 0.1) is 11.6 Å². The lowest BCUT2D eigenvalue weighted by Gasteiger charge is -2.44.